The molecule has 6 heteroatoms. The Morgan fingerprint density at radius 3 is 2.77 bits per heavy atom. The van der Waals surface area contributed by atoms with Gasteiger partial charge in [-0.1, -0.05) is 19.9 Å². The molecule has 0 fully saturated rings. The lowest BCUT2D eigenvalue weighted by Gasteiger charge is -2.05. The largest absolute Gasteiger partial charge is 0.357 e. The first-order valence-electron chi connectivity index (χ1n) is 7.95. The highest BCUT2D eigenvalue weighted by molar-refractivity contribution is 5.87. The summed E-state index contributed by atoms with van der Waals surface area (Å²) < 4.78 is 1.96. The number of rotatable bonds is 9. The molecule has 2 N–H and O–H groups in total. The third-order valence-corrected chi connectivity index (χ3v) is 3.55. The molecule has 0 aliphatic rings. The smallest absolute Gasteiger partial charge is 0.224 e. The van der Waals surface area contributed by atoms with E-state index in [4.69, 9.17) is 0 Å². The van der Waals surface area contributed by atoms with Crippen molar-refractivity contribution in [3.8, 4) is 0 Å². The van der Waals surface area contributed by atoms with Crippen LogP contribution in [0.2, 0.25) is 0 Å². The Kier molecular flexibility index (Phi) is 5.89. The molecular weight excluding hydrogens is 276 g/mol. The van der Waals surface area contributed by atoms with Gasteiger partial charge in [0.2, 0.25) is 5.95 Å². The topological polar surface area (TPSA) is 67.7 Å². The van der Waals surface area contributed by atoms with Crippen molar-refractivity contribution in [2.75, 3.05) is 25.5 Å². The third kappa shape index (κ3) is 3.82. The molecule has 0 bridgehead atoms. The fourth-order valence-electron chi connectivity index (χ4n) is 2.33. The zero-order valence-corrected chi connectivity index (χ0v) is 13.8. The van der Waals surface area contributed by atoms with Crippen molar-refractivity contribution in [3.63, 3.8) is 0 Å². The number of hydrogen-bond donors (Lipinski definition) is 2. The van der Waals surface area contributed by atoms with Gasteiger partial charge in [0.1, 0.15) is 0 Å². The number of unbranched alkanes of at least 4 members (excludes halogenated alkanes) is 1. The number of aromatic nitrogens is 4. The first kappa shape index (κ1) is 16.4. The summed E-state index contributed by atoms with van der Waals surface area (Å²) in [5.74, 6) is 0.614. The minimum absolute atomic E-state index is 0.614. The van der Waals surface area contributed by atoms with Crippen LogP contribution in [0.1, 0.15) is 38.8 Å². The van der Waals surface area contributed by atoms with Crippen molar-refractivity contribution < 1.29 is 0 Å². The Morgan fingerprint density at radius 1 is 1.32 bits per heavy atom. The lowest BCUT2D eigenvalue weighted by atomic mass is 10.2. The van der Waals surface area contributed by atoms with E-state index < -0.39 is 0 Å². The molecule has 2 aromatic heterocycles. The molecule has 0 spiro atoms. The molecule has 0 amide bonds. The van der Waals surface area contributed by atoms with Crippen LogP contribution in [0.3, 0.4) is 0 Å². The monoisotopic (exact) mass is 302 g/mol. The summed E-state index contributed by atoms with van der Waals surface area (Å²) >= 11 is 0. The van der Waals surface area contributed by atoms with E-state index in [0.29, 0.717) is 5.95 Å². The summed E-state index contributed by atoms with van der Waals surface area (Å²) in [6.07, 6.45) is 5.29. The van der Waals surface area contributed by atoms with Crippen LogP contribution in [0.5, 0.6) is 0 Å². The van der Waals surface area contributed by atoms with E-state index >= 15 is 0 Å². The van der Waals surface area contributed by atoms with Gasteiger partial charge in [-0.3, -0.25) is 0 Å². The van der Waals surface area contributed by atoms with Crippen molar-refractivity contribution in [1.29, 1.82) is 0 Å². The highest BCUT2D eigenvalue weighted by atomic mass is 15.3. The molecule has 0 aromatic carbocycles. The van der Waals surface area contributed by atoms with Gasteiger partial charge in [0.15, 0.2) is 5.65 Å². The highest BCUT2D eigenvalue weighted by Crippen LogP contribution is 2.22. The molecule has 0 aliphatic heterocycles. The van der Waals surface area contributed by atoms with Crippen molar-refractivity contribution in [3.05, 3.63) is 18.5 Å². The predicted molar refractivity (Wildman–Crippen MR) is 92.0 cm³/mol. The summed E-state index contributed by atoms with van der Waals surface area (Å²) in [5.41, 5.74) is 2.69. The summed E-state index contributed by atoms with van der Waals surface area (Å²) in [7, 11) is 1.82. The zero-order valence-electron chi connectivity index (χ0n) is 13.8. The number of allylic oxidation sites excluding steroid dienone is 1. The molecule has 0 unspecified atom stereocenters. The van der Waals surface area contributed by atoms with Crippen molar-refractivity contribution in [2.45, 2.75) is 39.7 Å². The van der Waals surface area contributed by atoms with Gasteiger partial charge in [-0.2, -0.15) is 10.1 Å². The molecule has 0 saturated carbocycles. The molecule has 22 heavy (non-hydrogen) atoms. The summed E-state index contributed by atoms with van der Waals surface area (Å²) in [5, 5.41) is 12.1. The van der Waals surface area contributed by atoms with Gasteiger partial charge >= 0.3 is 0 Å². The minimum atomic E-state index is 0.614. The van der Waals surface area contributed by atoms with E-state index in [2.05, 4.69) is 39.2 Å². The number of aryl methyl sites for hydroxylation is 1. The van der Waals surface area contributed by atoms with Crippen LogP contribution in [-0.2, 0) is 6.54 Å². The van der Waals surface area contributed by atoms with Crippen LogP contribution in [0.25, 0.3) is 16.6 Å². The van der Waals surface area contributed by atoms with E-state index in [1.54, 1.807) is 0 Å². The lowest BCUT2D eigenvalue weighted by molar-refractivity contribution is 0.544. The van der Waals surface area contributed by atoms with Crippen LogP contribution in [0, 0.1) is 0 Å². The van der Waals surface area contributed by atoms with E-state index in [1.165, 1.54) is 12.8 Å². The van der Waals surface area contributed by atoms with Gasteiger partial charge in [-0.15, -0.1) is 0 Å². The summed E-state index contributed by atoms with van der Waals surface area (Å²) in [6, 6.07) is 0. The quantitative estimate of drug-likeness (QED) is 0.697. The van der Waals surface area contributed by atoms with E-state index in [0.717, 1.165) is 48.4 Å². The molecule has 6 nitrogen and oxygen atoms in total. The van der Waals surface area contributed by atoms with Gasteiger partial charge in [-0.25, -0.2) is 9.67 Å². The Morgan fingerprint density at radius 2 is 2.09 bits per heavy atom. The molecule has 2 rings (SSSR count). The molecule has 0 aliphatic carbocycles. The van der Waals surface area contributed by atoms with Crippen LogP contribution < -0.4 is 10.6 Å². The van der Waals surface area contributed by atoms with Crippen LogP contribution in [0.4, 0.5) is 5.95 Å². The van der Waals surface area contributed by atoms with Crippen LogP contribution in [0.15, 0.2) is 12.8 Å². The number of nitrogens with one attached hydrogen (secondary N) is 2. The second-order valence-electron chi connectivity index (χ2n) is 5.49. The van der Waals surface area contributed by atoms with E-state index in [1.807, 2.05) is 24.9 Å². The average molecular weight is 302 g/mol. The third-order valence-electron chi connectivity index (χ3n) is 3.55. The Balaban J connectivity index is 2.12. The molecule has 2 aromatic rings. The molecule has 0 atom stereocenters. The van der Waals surface area contributed by atoms with Crippen LogP contribution >= 0.6 is 0 Å². The zero-order chi connectivity index (χ0) is 15.9. The fraction of sp³-hybridized carbons (Fsp3) is 0.562. The van der Waals surface area contributed by atoms with Gasteiger partial charge < -0.3 is 10.6 Å². The standard InChI is InChI=1S/C16H26N6/c1-5-6-8-18-9-7-10-22-15-13(14(21-22)12(2)3)11-19-16(17-4)20-15/h11,18H,2,5-10H2,1,3-4H3,(H,17,19,20). The Labute approximate surface area is 132 Å². The van der Waals surface area contributed by atoms with E-state index in [-0.39, 0.29) is 0 Å². The van der Waals surface area contributed by atoms with Gasteiger partial charge in [0.05, 0.1) is 11.1 Å². The lowest BCUT2D eigenvalue weighted by Crippen LogP contribution is -2.18. The maximum Gasteiger partial charge on any atom is 0.224 e. The van der Waals surface area contributed by atoms with Gasteiger partial charge in [-0.05, 0) is 38.4 Å². The Hall–Kier alpha value is -1.95. The molecule has 0 radical (unpaired) electrons. The van der Waals surface area contributed by atoms with Crippen molar-refractivity contribution in [1.82, 2.24) is 25.1 Å². The minimum Gasteiger partial charge on any atom is -0.357 e. The molecule has 0 saturated heterocycles. The molecule has 120 valence electrons. The Bertz CT molecular complexity index is 631. The summed E-state index contributed by atoms with van der Waals surface area (Å²) in [6.45, 7) is 11.1. The van der Waals surface area contributed by atoms with Gasteiger partial charge in [0.25, 0.3) is 0 Å². The average Bonchev–Trinajstić information content (AvgIpc) is 2.89. The number of hydrogen-bond acceptors (Lipinski definition) is 5. The second kappa shape index (κ2) is 7.89. The molecule has 2 heterocycles. The van der Waals surface area contributed by atoms with Crippen molar-refractivity contribution >= 4 is 22.6 Å². The number of fused-ring (bicyclic) bond motifs is 1. The summed E-state index contributed by atoms with van der Waals surface area (Å²) in [4.78, 5) is 8.82. The fourth-order valence-corrected chi connectivity index (χ4v) is 2.33. The highest BCUT2D eigenvalue weighted by Gasteiger charge is 2.13. The SMILES string of the molecule is C=C(C)c1nn(CCCNCCCC)c2nc(NC)ncc12. The first-order valence-corrected chi connectivity index (χ1v) is 7.95. The maximum absolute atomic E-state index is 4.66. The first-order chi connectivity index (χ1) is 10.7. The normalized spacial score (nSPS) is 11.0. The maximum atomic E-state index is 4.66. The van der Waals surface area contributed by atoms with Crippen LogP contribution in [-0.4, -0.2) is 39.9 Å². The van der Waals surface area contributed by atoms with Crippen molar-refractivity contribution in [2.24, 2.45) is 0 Å². The number of anilines is 1. The number of nitrogens with zero attached hydrogens (tertiary/aromatic N) is 4. The van der Waals surface area contributed by atoms with Gasteiger partial charge in [0, 0.05) is 19.8 Å². The second-order valence-corrected chi connectivity index (χ2v) is 5.49. The molecular formula is C16H26N6. The van der Waals surface area contributed by atoms with E-state index in [9.17, 15) is 0 Å². The predicted octanol–water partition coefficient (Wildman–Crippen LogP) is 2.68.